The molecule has 0 saturated heterocycles. The number of hydrogen-bond acceptors (Lipinski definition) is 5. The Bertz CT molecular complexity index is 1130. The number of benzene rings is 1. The zero-order chi connectivity index (χ0) is 20.7. The average Bonchev–Trinajstić information content (AvgIpc) is 2.94. The first-order valence-corrected chi connectivity index (χ1v) is 9.90. The molecule has 0 bridgehead atoms. The quantitative estimate of drug-likeness (QED) is 0.766. The van der Waals surface area contributed by atoms with E-state index in [4.69, 9.17) is 10.00 Å². The van der Waals surface area contributed by atoms with Crippen molar-refractivity contribution in [2.75, 3.05) is 11.9 Å². The standard InChI is InChI=1S/C19H20N4O4S/c1-5-19(3)11-27-17-15(28(25,26)22-19)10-23(4)16(17)18(24)21-14-7-6-12(2)13(8-14)9-20/h5-8,10,22H,1,11H2,2-4H3,(H,21,24). The highest BCUT2D eigenvalue weighted by atomic mass is 32.2. The molecule has 0 radical (unpaired) electrons. The van der Waals surface area contributed by atoms with Gasteiger partial charge in [-0.05, 0) is 31.5 Å². The van der Waals surface area contributed by atoms with E-state index in [0.717, 1.165) is 5.56 Å². The Kier molecular flexibility index (Phi) is 4.79. The summed E-state index contributed by atoms with van der Waals surface area (Å²) in [5, 5.41) is 11.8. The van der Waals surface area contributed by atoms with Crippen LogP contribution in [0, 0.1) is 18.3 Å². The lowest BCUT2D eigenvalue weighted by Gasteiger charge is -2.23. The molecule has 2 N–H and O–H groups in total. The number of carbonyl (C=O) groups excluding carboxylic acids is 1. The van der Waals surface area contributed by atoms with E-state index in [1.165, 1.54) is 16.8 Å². The Morgan fingerprint density at radius 1 is 1.50 bits per heavy atom. The maximum absolute atomic E-state index is 12.9. The summed E-state index contributed by atoms with van der Waals surface area (Å²) < 4.78 is 35.1. The fourth-order valence-electron chi connectivity index (χ4n) is 2.89. The van der Waals surface area contributed by atoms with Crippen LogP contribution in [0.15, 0.2) is 41.9 Å². The van der Waals surface area contributed by atoms with Crippen LogP contribution in [0.3, 0.4) is 0 Å². The number of rotatable bonds is 3. The maximum atomic E-state index is 12.9. The summed E-state index contributed by atoms with van der Waals surface area (Å²) in [6.45, 7) is 7.06. The van der Waals surface area contributed by atoms with Crippen molar-refractivity contribution in [3.05, 3.63) is 53.9 Å². The zero-order valence-corrected chi connectivity index (χ0v) is 16.6. The van der Waals surface area contributed by atoms with Crippen molar-refractivity contribution in [3.8, 4) is 11.8 Å². The predicted molar refractivity (Wildman–Crippen MR) is 104 cm³/mol. The second kappa shape index (κ2) is 6.82. The molecule has 8 nitrogen and oxygen atoms in total. The second-order valence-electron chi connectivity index (χ2n) is 6.89. The van der Waals surface area contributed by atoms with Crippen LogP contribution in [0.2, 0.25) is 0 Å². The van der Waals surface area contributed by atoms with Crippen LogP contribution in [0.1, 0.15) is 28.5 Å². The molecule has 1 unspecified atom stereocenters. The first-order valence-electron chi connectivity index (χ1n) is 8.42. The summed E-state index contributed by atoms with van der Waals surface area (Å²) in [4.78, 5) is 12.8. The van der Waals surface area contributed by atoms with Gasteiger partial charge in [-0.1, -0.05) is 12.1 Å². The van der Waals surface area contributed by atoms with E-state index >= 15 is 0 Å². The lowest BCUT2D eigenvalue weighted by Crippen LogP contribution is -2.46. The number of nitrogens with one attached hydrogen (secondary N) is 2. The number of aromatic nitrogens is 1. The van der Waals surface area contributed by atoms with E-state index in [1.54, 1.807) is 39.1 Å². The number of ether oxygens (including phenoxy) is 1. The van der Waals surface area contributed by atoms with Crippen molar-refractivity contribution in [3.63, 3.8) is 0 Å². The number of carbonyl (C=O) groups is 1. The number of sulfonamides is 1. The summed E-state index contributed by atoms with van der Waals surface area (Å²) >= 11 is 0. The molecule has 0 spiro atoms. The molecule has 1 aromatic heterocycles. The van der Waals surface area contributed by atoms with E-state index in [0.29, 0.717) is 11.3 Å². The molecule has 0 saturated carbocycles. The lowest BCUT2D eigenvalue weighted by molar-refractivity contribution is 0.101. The summed E-state index contributed by atoms with van der Waals surface area (Å²) in [5.41, 5.74) is 0.710. The number of amides is 1. The smallest absolute Gasteiger partial charge is 0.276 e. The van der Waals surface area contributed by atoms with Gasteiger partial charge < -0.3 is 14.6 Å². The molecule has 1 aromatic carbocycles. The number of nitriles is 1. The summed E-state index contributed by atoms with van der Waals surface area (Å²) in [6, 6.07) is 7.01. The van der Waals surface area contributed by atoms with Crippen molar-refractivity contribution in [1.29, 1.82) is 5.26 Å². The number of anilines is 1. The molecule has 146 valence electrons. The van der Waals surface area contributed by atoms with Crippen LogP contribution in [-0.4, -0.2) is 31.0 Å². The third kappa shape index (κ3) is 3.40. The van der Waals surface area contributed by atoms with E-state index in [1.807, 2.05) is 0 Å². The molecular weight excluding hydrogens is 380 g/mol. The van der Waals surface area contributed by atoms with Gasteiger partial charge in [-0.25, -0.2) is 8.42 Å². The van der Waals surface area contributed by atoms with Crippen molar-refractivity contribution >= 4 is 21.6 Å². The van der Waals surface area contributed by atoms with Gasteiger partial charge in [0.2, 0.25) is 10.0 Å². The topological polar surface area (TPSA) is 113 Å². The van der Waals surface area contributed by atoms with Gasteiger partial charge in [0.15, 0.2) is 11.4 Å². The van der Waals surface area contributed by atoms with Gasteiger partial charge in [0.1, 0.15) is 11.5 Å². The average molecular weight is 400 g/mol. The van der Waals surface area contributed by atoms with E-state index in [2.05, 4.69) is 22.7 Å². The maximum Gasteiger partial charge on any atom is 0.276 e. The Hall–Kier alpha value is -3.09. The van der Waals surface area contributed by atoms with Crippen LogP contribution in [0.4, 0.5) is 5.69 Å². The highest BCUT2D eigenvalue weighted by Gasteiger charge is 2.38. The minimum absolute atomic E-state index is 0.0177. The molecule has 1 aliphatic rings. The minimum atomic E-state index is -3.91. The van der Waals surface area contributed by atoms with Gasteiger partial charge in [-0.3, -0.25) is 4.79 Å². The summed E-state index contributed by atoms with van der Waals surface area (Å²) in [5.74, 6) is -0.570. The van der Waals surface area contributed by atoms with Crippen LogP contribution in [0.25, 0.3) is 0 Å². The van der Waals surface area contributed by atoms with Crippen LogP contribution < -0.4 is 14.8 Å². The molecule has 28 heavy (non-hydrogen) atoms. The van der Waals surface area contributed by atoms with Crippen molar-refractivity contribution < 1.29 is 17.9 Å². The van der Waals surface area contributed by atoms with Crippen LogP contribution in [-0.2, 0) is 17.1 Å². The molecule has 0 fully saturated rings. The highest BCUT2D eigenvalue weighted by Crippen LogP contribution is 2.34. The molecule has 1 aliphatic heterocycles. The molecule has 1 atom stereocenters. The number of hydrogen-bond donors (Lipinski definition) is 2. The summed E-state index contributed by atoms with van der Waals surface area (Å²) in [6.07, 6.45) is 2.78. The van der Waals surface area contributed by atoms with E-state index < -0.39 is 21.5 Å². The lowest BCUT2D eigenvalue weighted by atomic mass is 10.1. The second-order valence-corrected chi connectivity index (χ2v) is 8.54. The SMILES string of the molecule is C=CC1(C)COc2c(cn(C)c2C(=O)Nc2ccc(C)c(C#N)c2)S(=O)(=O)N1. The first kappa shape index (κ1) is 19.7. The number of nitrogens with zero attached hydrogens (tertiary/aromatic N) is 2. The molecule has 2 aromatic rings. The Morgan fingerprint density at radius 2 is 2.21 bits per heavy atom. The van der Waals surface area contributed by atoms with Crippen LogP contribution >= 0.6 is 0 Å². The van der Waals surface area contributed by atoms with Crippen molar-refractivity contribution in [2.24, 2.45) is 7.05 Å². The molecular formula is C19H20N4O4S. The number of aryl methyl sites for hydroxylation is 2. The molecule has 2 heterocycles. The molecule has 9 heteroatoms. The zero-order valence-electron chi connectivity index (χ0n) is 15.7. The highest BCUT2D eigenvalue weighted by molar-refractivity contribution is 7.89. The van der Waals surface area contributed by atoms with Gasteiger partial charge in [-0.2, -0.15) is 9.98 Å². The third-order valence-corrected chi connectivity index (χ3v) is 6.16. The van der Waals surface area contributed by atoms with E-state index in [-0.39, 0.29) is 22.9 Å². The summed E-state index contributed by atoms with van der Waals surface area (Å²) in [7, 11) is -2.35. The first-order chi connectivity index (χ1) is 13.1. The van der Waals surface area contributed by atoms with Crippen molar-refractivity contribution in [1.82, 2.24) is 9.29 Å². The van der Waals surface area contributed by atoms with Gasteiger partial charge in [0.05, 0.1) is 17.2 Å². The van der Waals surface area contributed by atoms with Crippen molar-refractivity contribution in [2.45, 2.75) is 24.3 Å². The Morgan fingerprint density at radius 3 is 2.86 bits per heavy atom. The minimum Gasteiger partial charge on any atom is -0.487 e. The van der Waals surface area contributed by atoms with Crippen LogP contribution in [0.5, 0.6) is 5.75 Å². The molecule has 3 rings (SSSR count). The molecule has 1 amide bonds. The Labute approximate surface area is 163 Å². The van der Waals surface area contributed by atoms with Gasteiger partial charge in [0.25, 0.3) is 5.91 Å². The monoisotopic (exact) mass is 400 g/mol. The predicted octanol–water partition coefficient (Wildman–Crippen LogP) is 2.07. The van der Waals surface area contributed by atoms with E-state index in [9.17, 15) is 13.2 Å². The third-order valence-electron chi connectivity index (χ3n) is 4.56. The molecule has 0 aliphatic carbocycles. The fraction of sp³-hybridized carbons (Fsp3) is 0.263. The largest absolute Gasteiger partial charge is 0.487 e. The normalized spacial score (nSPS) is 20.2. The van der Waals surface area contributed by atoms with Gasteiger partial charge >= 0.3 is 0 Å². The van der Waals surface area contributed by atoms with Gasteiger partial charge in [0, 0.05) is 18.9 Å². The fourth-order valence-corrected chi connectivity index (χ4v) is 4.46. The Balaban J connectivity index is 2.01. The van der Waals surface area contributed by atoms with Gasteiger partial charge in [-0.15, -0.1) is 6.58 Å². The number of fused-ring (bicyclic) bond motifs is 1.